The quantitative estimate of drug-likeness (QED) is 0.866. The van der Waals surface area contributed by atoms with Gasteiger partial charge in [-0.2, -0.15) is 0 Å². The average Bonchev–Trinajstić information content (AvgIpc) is 2.47. The maximum atomic E-state index is 13.9. The normalized spacial score (nSPS) is 19.7. The number of nitrogens with zero attached hydrogens (tertiary/aromatic N) is 1. The zero-order valence-corrected chi connectivity index (χ0v) is 12.3. The highest BCUT2D eigenvalue weighted by molar-refractivity contribution is 5.31. The van der Waals surface area contributed by atoms with Gasteiger partial charge in [0.15, 0.2) is 17.4 Å². The van der Waals surface area contributed by atoms with Gasteiger partial charge in [-0.1, -0.05) is 6.92 Å². The summed E-state index contributed by atoms with van der Waals surface area (Å²) in [7, 11) is 0. The molecule has 1 aliphatic heterocycles. The van der Waals surface area contributed by atoms with E-state index in [1.807, 2.05) is 0 Å². The van der Waals surface area contributed by atoms with Crippen molar-refractivity contribution in [1.29, 1.82) is 0 Å². The topological polar surface area (TPSA) is 47.7 Å². The molecule has 0 radical (unpaired) electrons. The van der Waals surface area contributed by atoms with Crippen molar-refractivity contribution >= 4 is 0 Å². The molecule has 6 heteroatoms. The van der Waals surface area contributed by atoms with Crippen LogP contribution in [0.2, 0.25) is 0 Å². The second-order valence-electron chi connectivity index (χ2n) is 5.12. The summed E-state index contributed by atoms with van der Waals surface area (Å²) in [4.78, 5) is 2.22. The Morgan fingerprint density at radius 3 is 2.71 bits per heavy atom. The van der Waals surface area contributed by atoms with Crippen LogP contribution in [0.15, 0.2) is 12.1 Å². The van der Waals surface area contributed by atoms with Crippen molar-refractivity contribution in [3.8, 4) is 5.75 Å². The summed E-state index contributed by atoms with van der Waals surface area (Å²) in [5.41, 5.74) is 5.92. The number of morpholine rings is 1. The average molecular weight is 300 g/mol. The molecule has 0 aliphatic carbocycles. The minimum absolute atomic E-state index is 0.139. The first-order chi connectivity index (χ1) is 10.1. The lowest BCUT2D eigenvalue weighted by Gasteiger charge is -2.31. The van der Waals surface area contributed by atoms with Crippen LogP contribution in [0, 0.1) is 11.6 Å². The first-order valence-electron chi connectivity index (χ1n) is 7.28. The zero-order chi connectivity index (χ0) is 15.2. The lowest BCUT2D eigenvalue weighted by molar-refractivity contribution is -0.0473. The summed E-state index contributed by atoms with van der Waals surface area (Å²) in [5, 5.41) is 0. The summed E-state index contributed by atoms with van der Waals surface area (Å²) >= 11 is 0. The van der Waals surface area contributed by atoms with Crippen LogP contribution in [0.1, 0.15) is 12.5 Å². The molecular formula is C15H22F2N2O2. The van der Waals surface area contributed by atoms with Crippen LogP contribution in [0.25, 0.3) is 0 Å². The standard InChI is InChI=1S/C15H22F2N2O2/c1-2-19-5-6-20-12(9-19)10-21-15-13(16)7-11(3-4-18)8-14(15)17/h7-8,12H,2-6,9-10,18H2,1H3. The van der Waals surface area contributed by atoms with Gasteiger partial charge in [-0.15, -0.1) is 0 Å². The fourth-order valence-electron chi connectivity index (χ4n) is 2.41. The minimum atomic E-state index is -0.693. The van der Waals surface area contributed by atoms with E-state index in [0.717, 1.165) is 13.1 Å². The van der Waals surface area contributed by atoms with E-state index in [2.05, 4.69) is 11.8 Å². The molecule has 1 aromatic carbocycles. The fraction of sp³-hybridized carbons (Fsp3) is 0.600. The Morgan fingerprint density at radius 1 is 1.38 bits per heavy atom. The van der Waals surface area contributed by atoms with E-state index in [9.17, 15) is 8.78 Å². The molecule has 2 N–H and O–H groups in total. The highest BCUT2D eigenvalue weighted by Gasteiger charge is 2.21. The number of halogens is 2. The number of likely N-dealkylation sites (N-methyl/N-ethyl adjacent to an activating group) is 1. The molecule has 118 valence electrons. The molecule has 0 amide bonds. The molecule has 1 fully saturated rings. The van der Waals surface area contributed by atoms with Crippen LogP contribution in [-0.4, -0.2) is 50.4 Å². The van der Waals surface area contributed by atoms with Gasteiger partial charge in [0.1, 0.15) is 12.7 Å². The van der Waals surface area contributed by atoms with Crippen LogP contribution in [-0.2, 0) is 11.2 Å². The fourth-order valence-corrected chi connectivity index (χ4v) is 2.41. The Morgan fingerprint density at radius 2 is 2.10 bits per heavy atom. The lowest BCUT2D eigenvalue weighted by Crippen LogP contribution is -2.44. The Labute approximate surface area is 123 Å². The van der Waals surface area contributed by atoms with Crippen molar-refractivity contribution in [3.05, 3.63) is 29.3 Å². The summed E-state index contributed by atoms with van der Waals surface area (Å²) in [6.07, 6.45) is 0.270. The highest BCUT2D eigenvalue weighted by Crippen LogP contribution is 2.24. The van der Waals surface area contributed by atoms with Gasteiger partial charge in [0.05, 0.1) is 6.61 Å². The maximum absolute atomic E-state index is 13.9. The Kier molecular flexibility index (Phi) is 5.90. The van der Waals surface area contributed by atoms with Crippen molar-refractivity contribution in [2.75, 3.05) is 39.4 Å². The Balaban J connectivity index is 1.96. The molecule has 0 spiro atoms. The number of benzene rings is 1. The monoisotopic (exact) mass is 300 g/mol. The van der Waals surface area contributed by atoms with E-state index in [1.54, 1.807) is 0 Å². The zero-order valence-electron chi connectivity index (χ0n) is 12.3. The highest BCUT2D eigenvalue weighted by atomic mass is 19.1. The van der Waals surface area contributed by atoms with E-state index in [4.69, 9.17) is 15.2 Å². The van der Waals surface area contributed by atoms with Crippen LogP contribution in [0.4, 0.5) is 8.78 Å². The second kappa shape index (κ2) is 7.68. The molecule has 0 bridgehead atoms. The van der Waals surface area contributed by atoms with E-state index in [0.29, 0.717) is 31.7 Å². The predicted molar refractivity (Wildman–Crippen MR) is 76.5 cm³/mol. The third kappa shape index (κ3) is 4.36. The molecule has 0 saturated carbocycles. The van der Waals surface area contributed by atoms with Crippen LogP contribution in [0.3, 0.4) is 0 Å². The summed E-state index contributed by atoms with van der Waals surface area (Å²) in [6, 6.07) is 2.54. The van der Waals surface area contributed by atoms with Crippen LogP contribution < -0.4 is 10.5 Å². The maximum Gasteiger partial charge on any atom is 0.190 e. The lowest BCUT2D eigenvalue weighted by atomic mass is 10.1. The third-order valence-electron chi connectivity index (χ3n) is 3.57. The first-order valence-corrected chi connectivity index (χ1v) is 7.28. The van der Waals surface area contributed by atoms with Gasteiger partial charge in [-0.05, 0) is 37.2 Å². The largest absolute Gasteiger partial charge is 0.485 e. The summed E-state index contributed by atoms with van der Waals surface area (Å²) in [5.74, 6) is -1.73. The van der Waals surface area contributed by atoms with E-state index in [-0.39, 0.29) is 18.5 Å². The summed E-state index contributed by atoms with van der Waals surface area (Å²) < 4.78 is 38.6. The number of nitrogens with two attached hydrogens (primary N) is 1. The SMILES string of the molecule is CCN1CCOC(COc2c(F)cc(CCN)cc2F)C1. The Hall–Kier alpha value is -1.24. The molecule has 1 aromatic rings. The van der Waals surface area contributed by atoms with Gasteiger partial charge >= 0.3 is 0 Å². The van der Waals surface area contributed by atoms with Crippen molar-refractivity contribution < 1.29 is 18.3 Å². The third-order valence-corrected chi connectivity index (χ3v) is 3.57. The number of rotatable bonds is 6. The van der Waals surface area contributed by atoms with Gasteiger partial charge in [0.25, 0.3) is 0 Å². The predicted octanol–water partition coefficient (Wildman–Crippen LogP) is 1.57. The smallest absolute Gasteiger partial charge is 0.190 e. The molecule has 1 heterocycles. The molecule has 1 unspecified atom stereocenters. The second-order valence-corrected chi connectivity index (χ2v) is 5.12. The summed E-state index contributed by atoms with van der Waals surface area (Å²) in [6.45, 7) is 5.69. The van der Waals surface area contributed by atoms with Crippen molar-refractivity contribution in [1.82, 2.24) is 4.90 Å². The van der Waals surface area contributed by atoms with Crippen molar-refractivity contribution in [2.45, 2.75) is 19.4 Å². The van der Waals surface area contributed by atoms with E-state index < -0.39 is 11.6 Å². The Bertz CT molecular complexity index is 448. The number of hydrogen-bond donors (Lipinski definition) is 1. The van der Waals surface area contributed by atoms with Crippen molar-refractivity contribution in [3.63, 3.8) is 0 Å². The van der Waals surface area contributed by atoms with Gasteiger partial charge in [-0.25, -0.2) is 8.78 Å². The van der Waals surface area contributed by atoms with E-state index in [1.165, 1.54) is 12.1 Å². The van der Waals surface area contributed by atoms with Gasteiger partial charge in [0, 0.05) is 13.1 Å². The molecule has 2 rings (SSSR count). The van der Waals surface area contributed by atoms with Crippen LogP contribution in [0.5, 0.6) is 5.75 Å². The van der Waals surface area contributed by atoms with Gasteiger partial charge in [0.2, 0.25) is 0 Å². The molecule has 21 heavy (non-hydrogen) atoms. The van der Waals surface area contributed by atoms with Crippen molar-refractivity contribution in [2.24, 2.45) is 5.73 Å². The van der Waals surface area contributed by atoms with Gasteiger partial charge < -0.3 is 15.2 Å². The van der Waals surface area contributed by atoms with Gasteiger partial charge in [-0.3, -0.25) is 4.90 Å². The molecule has 0 aromatic heterocycles. The van der Waals surface area contributed by atoms with E-state index >= 15 is 0 Å². The number of hydrogen-bond acceptors (Lipinski definition) is 4. The molecule has 1 atom stereocenters. The molecular weight excluding hydrogens is 278 g/mol. The molecule has 1 aliphatic rings. The number of ether oxygens (including phenoxy) is 2. The molecule has 1 saturated heterocycles. The molecule has 4 nitrogen and oxygen atoms in total. The first kappa shape index (κ1) is 16.1. The minimum Gasteiger partial charge on any atom is -0.485 e. The van der Waals surface area contributed by atoms with Crippen LogP contribution >= 0.6 is 0 Å².